The minimum atomic E-state index is -0.198. The molecule has 6 nitrogen and oxygen atoms in total. The Labute approximate surface area is 163 Å². The zero-order valence-electron chi connectivity index (χ0n) is 14.9. The molecule has 0 atom stereocenters. The van der Waals surface area contributed by atoms with Crippen LogP contribution in [-0.4, -0.2) is 34.8 Å². The Bertz CT molecular complexity index is 788. The highest BCUT2D eigenvalue weighted by Gasteiger charge is 2.14. The van der Waals surface area contributed by atoms with Crippen LogP contribution in [-0.2, 0) is 11.3 Å². The van der Waals surface area contributed by atoms with Crippen molar-refractivity contribution in [1.82, 2.24) is 15.2 Å². The second-order valence-electron chi connectivity index (χ2n) is 5.95. The summed E-state index contributed by atoms with van der Waals surface area (Å²) in [7, 11) is 0. The molecule has 2 rings (SSSR count). The lowest BCUT2D eigenvalue weighted by Gasteiger charge is -2.21. The fraction of sp³-hybridized carbons (Fsp3) is 0.300. The van der Waals surface area contributed by atoms with E-state index in [1.54, 1.807) is 41.6 Å². The maximum atomic E-state index is 12.5. The van der Waals surface area contributed by atoms with E-state index >= 15 is 0 Å². The molecular formula is C20H21ClN4O2. The number of carbonyl (C=O) groups excluding carboxylic acids is 2. The molecule has 0 radical (unpaired) electrons. The third-order valence-electron chi connectivity index (χ3n) is 3.90. The summed E-state index contributed by atoms with van der Waals surface area (Å²) in [5.74, 6) is -0.245. The van der Waals surface area contributed by atoms with Gasteiger partial charge in [0, 0.05) is 49.0 Å². The molecule has 2 amide bonds. The molecule has 2 aromatic rings. The number of carbonyl (C=O) groups is 2. The van der Waals surface area contributed by atoms with E-state index in [4.69, 9.17) is 16.9 Å². The topological polar surface area (TPSA) is 86.1 Å². The van der Waals surface area contributed by atoms with Crippen molar-refractivity contribution < 1.29 is 9.59 Å². The summed E-state index contributed by atoms with van der Waals surface area (Å²) < 4.78 is 0. The van der Waals surface area contributed by atoms with Crippen molar-refractivity contribution in [2.45, 2.75) is 25.8 Å². The van der Waals surface area contributed by atoms with Gasteiger partial charge in [-0.15, -0.1) is 0 Å². The number of amides is 2. The minimum Gasteiger partial charge on any atom is -0.352 e. The molecule has 0 spiro atoms. The van der Waals surface area contributed by atoms with Gasteiger partial charge < -0.3 is 10.2 Å². The highest BCUT2D eigenvalue weighted by molar-refractivity contribution is 6.30. The monoisotopic (exact) mass is 384 g/mol. The molecule has 1 N–H and O–H groups in total. The summed E-state index contributed by atoms with van der Waals surface area (Å²) in [5, 5.41) is 12.2. The Morgan fingerprint density at radius 3 is 2.67 bits per heavy atom. The van der Waals surface area contributed by atoms with Gasteiger partial charge in [-0.05, 0) is 42.3 Å². The first kappa shape index (κ1) is 20.4. The number of pyridine rings is 1. The fourth-order valence-electron chi connectivity index (χ4n) is 2.49. The molecule has 0 saturated heterocycles. The first-order valence-corrected chi connectivity index (χ1v) is 9.05. The lowest BCUT2D eigenvalue weighted by molar-refractivity contribution is -0.131. The smallest absolute Gasteiger partial charge is 0.251 e. The largest absolute Gasteiger partial charge is 0.352 e. The Kier molecular flexibility index (Phi) is 8.27. The van der Waals surface area contributed by atoms with Gasteiger partial charge in [0.2, 0.25) is 5.91 Å². The molecule has 1 heterocycles. The fourth-order valence-corrected chi connectivity index (χ4v) is 2.62. The first-order valence-electron chi connectivity index (χ1n) is 8.67. The summed E-state index contributed by atoms with van der Waals surface area (Å²) in [4.78, 5) is 30.2. The Morgan fingerprint density at radius 2 is 2.00 bits per heavy atom. The number of nitrogens with one attached hydrogen (secondary N) is 1. The molecular weight excluding hydrogens is 364 g/mol. The molecule has 0 unspecified atom stereocenters. The lowest BCUT2D eigenvalue weighted by atomic mass is 10.2. The van der Waals surface area contributed by atoms with Gasteiger partial charge >= 0.3 is 0 Å². The summed E-state index contributed by atoms with van der Waals surface area (Å²) in [6, 6.07) is 12.4. The van der Waals surface area contributed by atoms with Gasteiger partial charge in [0.15, 0.2) is 0 Å². The minimum absolute atomic E-state index is 0.0464. The average molecular weight is 385 g/mol. The molecule has 140 valence electrons. The van der Waals surface area contributed by atoms with Crippen LogP contribution < -0.4 is 5.32 Å². The third kappa shape index (κ3) is 7.08. The normalized spacial score (nSPS) is 10.1. The highest BCUT2D eigenvalue weighted by atomic mass is 35.5. The van der Waals surface area contributed by atoms with Gasteiger partial charge in [-0.2, -0.15) is 5.26 Å². The summed E-state index contributed by atoms with van der Waals surface area (Å²) in [6.07, 6.45) is 4.48. The van der Waals surface area contributed by atoms with E-state index in [0.717, 1.165) is 5.56 Å². The van der Waals surface area contributed by atoms with Crippen molar-refractivity contribution in [3.05, 3.63) is 64.9 Å². The van der Waals surface area contributed by atoms with Gasteiger partial charge in [0.25, 0.3) is 5.91 Å². The predicted molar refractivity (Wildman–Crippen MR) is 103 cm³/mol. The van der Waals surface area contributed by atoms with Crippen LogP contribution in [0.3, 0.4) is 0 Å². The Morgan fingerprint density at radius 1 is 1.22 bits per heavy atom. The third-order valence-corrected chi connectivity index (χ3v) is 4.15. The Hall–Kier alpha value is -2.91. The lowest BCUT2D eigenvalue weighted by Crippen LogP contribution is -2.32. The number of rotatable bonds is 9. The van der Waals surface area contributed by atoms with E-state index in [1.807, 2.05) is 12.1 Å². The molecule has 0 saturated carbocycles. The number of aromatic nitrogens is 1. The van der Waals surface area contributed by atoms with Crippen molar-refractivity contribution >= 4 is 23.4 Å². The van der Waals surface area contributed by atoms with Gasteiger partial charge in [0.1, 0.15) is 0 Å². The SMILES string of the molecule is N#CCCN(Cc1cccnc1)C(=O)CCCNC(=O)c1ccc(Cl)cc1. The molecule has 0 fully saturated rings. The quantitative estimate of drug-likeness (QED) is 0.672. The van der Waals surface area contributed by atoms with Crippen molar-refractivity contribution in [2.24, 2.45) is 0 Å². The zero-order chi connectivity index (χ0) is 19.5. The zero-order valence-corrected chi connectivity index (χ0v) is 15.7. The van der Waals surface area contributed by atoms with E-state index in [-0.39, 0.29) is 18.2 Å². The maximum Gasteiger partial charge on any atom is 0.251 e. The number of benzene rings is 1. The summed E-state index contributed by atoms with van der Waals surface area (Å²) in [6.45, 7) is 1.19. The Balaban J connectivity index is 1.79. The predicted octanol–water partition coefficient (Wildman–Crippen LogP) is 3.19. The van der Waals surface area contributed by atoms with Gasteiger partial charge in [-0.25, -0.2) is 0 Å². The van der Waals surface area contributed by atoms with E-state index in [2.05, 4.69) is 16.4 Å². The molecule has 27 heavy (non-hydrogen) atoms. The standard InChI is InChI=1S/C20H21ClN4O2/c21-18-8-6-17(7-9-18)20(27)24-12-2-5-19(26)25(13-3-10-22)15-16-4-1-11-23-14-16/h1,4,6-9,11,14H,2-3,5,12-13,15H2,(H,24,27). The van der Waals surface area contributed by atoms with Crippen LogP contribution in [0.25, 0.3) is 0 Å². The highest BCUT2D eigenvalue weighted by Crippen LogP contribution is 2.10. The summed E-state index contributed by atoms with van der Waals surface area (Å²) in [5.41, 5.74) is 1.44. The van der Waals surface area contributed by atoms with Crippen molar-refractivity contribution in [1.29, 1.82) is 5.26 Å². The molecule has 1 aromatic carbocycles. The number of halogens is 1. The molecule has 0 bridgehead atoms. The van der Waals surface area contributed by atoms with Crippen LogP contribution in [0.2, 0.25) is 5.02 Å². The van der Waals surface area contributed by atoms with E-state index < -0.39 is 0 Å². The van der Waals surface area contributed by atoms with Crippen LogP contribution in [0.4, 0.5) is 0 Å². The molecule has 0 aliphatic heterocycles. The van der Waals surface area contributed by atoms with Crippen molar-refractivity contribution in [3.63, 3.8) is 0 Å². The number of hydrogen-bond acceptors (Lipinski definition) is 4. The number of nitrogens with zero attached hydrogens (tertiary/aromatic N) is 3. The molecule has 0 aliphatic carbocycles. The van der Waals surface area contributed by atoms with Crippen LogP contribution >= 0.6 is 11.6 Å². The van der Waals surface area contributed by atoms with Crippen LogP contribution in [0.5, 0.6) is 0 Å². The number of nitriles is 1. The average Bonchev–Trinajstić information content (AvgIpc) is 2.69. The van der Waals surface area contributed by atoms with Crippen LogP contribution in [0.1, 0.15) is 35.2 Å². The molecule has 1 aromatic heterocycles. The van der Waals surface area contributed by atoms with E-state index in [0.29, 0.717) is 43.1 Å². The van der Waals surface area contributed by atoms with Crippen LogP contribution in [0, 0.1) is 11.3 Å². The second-order valence-corrected chi connectivity index (χ2v) is 6.39. The molecule has 7 heteroatoms. The summed E-state index contributed by atoms with van der Waals surface area (Å²) >= 11 is 5.80. The van der Waals surface area contributed by atoms with Crippen molar-refractivity contribution in [2.75, 3.05) is 13.1 Å². The van der Waals surface area contributed by atoms with Gasteiger partial charge in [-0.3, -0.25) is 14.6 Å². The first-order chi connectivity index (χ1) is 13.1. The second kappa shape index (κ2) is 10.9. The number of hydrogen-bond donors (Lipinski definition) is 1. The van der Waals surface area contributed by atoms with Gasteiger partial charge in [-0.1, -0.05) is 17.7 Å². The van der Waals surface area contributed by atoms with E-state index in [1.165, 1.54) is 0 Å². The van der Waals surface area contributed by atoms with Crippen LogP contribution in [0.15, 0.2) is 48.8 Å². The van der Waals surface area contributed by atoms with Crippen molar-refractivity contribution in [3.8, 4) is 6.07 Å². The maximum absolute atomic E-state index is 12.5. The molecule has 0 aliphatic rings. The van der Waals surface area contributed by atoms with Gasteiger partial charge in [0.05, 0.1) is 12.5 Å². The van der Waals surface area contributed by atoms with E-state index in [9.17, 15) is 9.59 Å².